The molecule has 5 rings (SSSR count). The molecule has 0 radical (unpaired) electrons. The van der Waals surface area contributed by atoms with Gasteiger partial charge in [-0.1, -0.05) is 0 Å². The van der Waals surface area contributed by atoms with Crippen LogP contribution in [0.1, 0.15) is 40.0 Å². The zero-order valence-electron chi connectivity index (χ0n) is 18.5. The van der Waals surface area contributed by atoms with Crippen molar-refractivity contribution >= 4 is 23.4 Å². The van der Waals surface area contributed by atoms with Crippen LogP contribution in [-0.4, -0.2) is 64.7 Å². The first-order valence-electron chi connectivity index (χ1n) is 11.2. The van der Waals surface area contributed by atoms with Crippen LogP contribution in [-0.2, 0) is 22.7 Å². The SMILES string of the molecule is N#Cc1ccnc(CN2CCN(c3cc(F)cc4c3CN(C3CCC(=O)NC3=O)C4=O)CC2)c1. The summed E-state index contributed by atoms with van der Waals surface area (Å²) in [5.41, 5.74) is 3.06. The highest BCUT2D eigenvalue weighted by atomic mass is 19.1. The zero-order chi connectivity index (χ0) is 23.8. The number of nitrogens with one attached hydrogen (secondary N) is 1. The third kappa shape index (κ3) is 4.10. The van der Waals surface area contributed by atoms with Crippen molar-refractivity contribution in [1.82, 2.24) is 20.1 Å². The molecule has 1 atom stereocenters. The van der Waals surface area contributed by atoms with E-state index < -0.39 is 17.8 Å². The number of benzene rings is 1. The van der Waals surface area contributed by atoms with Gasteiger partial charge in [-0.25, -0.2) is 4.39 Å². The number of piperazine rings is 1. The molecule has 0 spiro atoms. The number of halogens is 1. The minimum absolute atomic E-state index is 0.172. The number of piperidine rings is 1. The van der Waals surface area contributed by atoms with Crippen LogP contribution in [0.5, 0.6) is 0 Å². The van der Waals surface area contributed by atoms with E-state index >= 15 is 0 Å². The number of hydrogen-bond acceptors (Lipinski definition) is 7. The Morgan fingerprint density at radius 1 is 1.15 bits per heavy atom. The fourth-order valence-electron chi connectivity index (χ4n) is 4.90. The summed E-state index contributed by atoms with van der Waals surface area (Å²) in [5.74, 6) is -1.70. The lowest BCUT2D eigenvalue weighted by Crippen LogP contribution is -2.52. The van der Waals surface area contributed by atoms with Crippen molar-refractivity contribution in [2.75, 3.05) is 31.1 Å². The third-order valence-corrected chi connectivity index (χ3v) is 6.64. The zero-order valence-corrected chi connectivity index (χ0v) is 18.5. The van der Waals surface area contributed by atoms with Crippen molar-refractivity contribution in [3.05, 3.63) is 58.7 Å². The molecule has 9 nitrogen and oxygen atoms in total. The average Bonchev–Trinajstić information content (AvgIpc) is 3.15. The van der Waals surface area contributed by atoms with E-state index in [9.17, 15) is 18.8 Å². The van der Waals surface area contributed by atoms with Gasteiger partial charge < -0.3 is 9.80 Å². The molecule has 1 N–H and O–H groups in total. The van der Waals surface area contributed by atoms with E-state index in [-0.39, 0.29) is 36.8 Å². The molecule has 0 bridgehead atoms. The Morgan fingerprint density at radius 3 is 2.68 bits per heavy atom. The molecule has 2 fully saturated rings. The van der Waals surface area contributed by atoms with Crippen molar-refractivity contribution in [2.24, 2.45) is 0 Å². The number of hydrogen-bond donors (Lipinski definition) is 1. The number of fused-ring (bicyclic) bond motifs is 1. The van der Waals surface area contributed by atoms with Crippen LogP contribution in [0.25, 0.3) is 0 Å². The van der Waals surface area contributed by atoms with Gasteiger partial charge in [0, 0.05) is 68.7 Å². The van der Waals surface area contributed by atoms with E-state index in [1.807, 2.05) is 0 Å². The molecule has 1 unspecified atom stereocenters. The van der Waals surface area contributed by atoms with E-state index in [2.05, 4.69) is 26.2 Å². The first kappa shape index (κ1) is 22.0. The molecular weight excluding hydrogens is 439 g/mol. The van der Waals surface area contributed by atoms with E-state index in [4.69, 9.17) is 5.26 Å². The lowest BCUT2D eigenvalue weighted by atomic mass is 10.0. The van der Waals surface area contributed by atoms with Gasteiger partial charge in [0.1, 0.15) is 11.9 Å². The molecule has 2 aromatic rings. The molecular formula is C24H23FN6O3. The first-order valence-corrected chi connectivity index (χ1v) is 11.2. The Balaban J connectivity index is 1.31. The molecule has 0 aliphatic carbocycles. The van der Waals surface area contributed by atoms with Gasteiger partial charge in [0.15, 0.2) is 0 Å². The van der Waals surface area contributed by atoms with Gasteiger partial charge in [-0.3, -0.25) is 29.6 Å². The van der Waals surface area contributed by atoms with Crippen molar-refractivity contribution < 1.29 is 18.8 Å². The normalized spacial score (nSPS) is 20.8. The highest BCUT2D eigenvalue weighted by Gasteiger charge is 2.41. The predicted octanol–water partition coefficient (Wildman–Crippen LogP) is 1.18. The fraction of sp³-hybridized carbons (Fsp3) is 0.375. The van der Waals surface area contributed by atoms with Crippen LogP contribution in [0.15, 0.2) is 30.5 Å². The lowest BCUT2D eigenvalue weighted by molar-refractivity contribution is -0.136. The summed E-state index contributed by atoms with van der Waals surface area (Å²) < 4.78 is 14.5. The first-order chi connectivity index (χ1) is 16.4. The van der Waals surface area contributed by atoms with Gasteiger partial charge in [0.2, 0.25) is 11.8 Å². The summed E-state index contributed by atoms with van der Waals surface area (Å²) >= 11 is 0. The molecule has 2 saturated heterocycles. The Hall–Kier alpha value is -3.84. The number of rotatable bonds is 4. The Kier molecular flexibility index (Phi) is 5.71. The van der Waals surface area contributed by atoms with Crippen molar-refractivity contribution in [3.8, 4) is 6.07 Å². The maximum Gasteiger partial charge on any atom is 0.255 e. The van der Waals surface area contributed by atoms with Crippen molar-refractivity contribution in [2.45, 2.75) is 32.0 Å². The number of carbonyl (C=O) groups excluding carboxylic acids is 3. The molecule has 34 heavy (non-hydrogen) atoms. The minimum Gasteiger partial charge on any atom is -0.369 e. The predicted molar refractivity (Wildman–Crippen MR) is 119 cm³/mol. The maximum atomic E-state index is 14.5. The number of aromatic nitrogens is 1. The summed E-state index contributed by atoms with van der Waals surface area (Å²) in [5, 5.41) is 11.4. The molecule has 3 aliphatic rings. The van der Waals surface area contributed by atoms with Crippen LogP contribution >= 0.6 is 0 Å². The molecule has 174 valence electrons. The Labute approximate surface area is 195 Å². The number of anilines is 1. The number of amides is 3. The molecule has 1 aromatic heterocycles. The number of carbonyl (C=O) groups is 3. The van der Waals surface area contributed by atoms with E-state index in [1.165, 1.54) is 17.0 Å². The molecule has 3 amide bonds. The number of imide groups is 1. The number of pyridine rings is 1. The van der Waals surface area contributed by atoms with Crippen LogP contribution in [0.3, 0.4) is 0 Å². The van der Waals surface area contributed by atoms with Gasteiger partial charge in [-0.2, -0.15) is 5.26 Å². The van der Waals surface area contributed by atoms with E-state index in [0.717, 1.165) is 5.69 Å². The van der Waals surface area contributed by atoms with Crippen molar-refractivity contribution in [3.63, 3.8) is 0 Å². The monoisotopic (exact) mass is 462 g/mol. The lowest BCUT2D eigenvalue weighted by Gasteiger charge is -2.37. The summed E-state index contributed by atoms with van der Waals surface area (Å²) in [6.07, 6.45) is 2.07. The number of nitrogens with zero attached hydrogens (tertiary/aromatic N) is 5. The highest BCUT2D eigenvalue weighted by Crippen LogP contribution is 2.35. The average molecular weight is 462 g/mol. The molecule has 1 aromatic carbocycles. The van der Waals surface area contributed by atoms with Gasteiger partial charge in [0.25, 0.3) is 5.91 Å². The van der Waals surface area contributed by atoms with Crippen LogP contribution < -0.4 is 10.2 Å². The standard InChI is InChI=1S/C24H23FN6O3/c25-16-10-18-19(14-31(24(18)34)20-1-2-22(32)28-23(20)33)21(11-16)30-7-5-29(6-8-30)13-17-9-15(12-26)3-4-27-17/h3-4,9-11,20H,1-2,5-8,13-14H2,(H,28,32,33). The molecule has 10 heteroatoms. The van der Waals surface area contributed by atoms with Gasteiger partial charge in [-0.15, -0.1) is 0 Å². The van der Waals surface area contributed by atoms with Gasteiger partial charge >= 0.3 is 0 Å². The Morgan fingerprint density at radius 2 is 1.94 bits per heavy atom. The quantitative estimate of drug-likeness (QED) is 0.680. The molecule has 4 heterocycles. The molecule has 0 saturated carbocycles. The minimum atomic E-state index is -0.734. The van der Waals surface area contributed by atoms with Crippen LogP contribution in [0.4, 0.5) is 10.1 Å². The number of nitriles is 1. The van der Waals surface area contributed by atoms with E-state index in [1.54, 1.807) is 18.3 Å². The topological polar surface area (TPSA) is 110 Å². The fourth-order valence-corrected chi connectivity index (χ4v) is 4.90. The summed E-state index contributed by atoms with van der Waals surface area (Å²) in [6.45, 7) is 3.54. The largest absolute Gasteiger partial charge is 0.369 e. The van der Waals surface area contributed by atoms with Gasteiger partial charge in [-0.05, 0) is 30.7 Å². The van der Waals surface area contributed by atoms with Gasteiger partial charge in [0.05, 0.1) is 17.3 Å². The third-order valence-electron chi connectivity index (χ3n) is 6.64. The van der Waals surface area contributed by atoms with Crippen molar-refractivity contribution in [1.29, 1.82) is 5.26 Å². The maximum absolute atomic E-state index is 14.5. The Bertz CT molecular complexity index is 1220. The van der Waals surface area contributed by atoms with E-state index in [0.29, 0.717) is 49.5 Å². The second-order valence-electron chi connectivity index (χ2n) is 8.76. The second-order valence-corrected chi connectivity index (χ2v) is 8.76. The summed E-state index contributed by atoms with van der Waals surface area (Å²) in [4.78, 5) is 47.0. The highest BCUT2D eigenvalue weighted by molar-refractivity contribution is 6.06. The van der Waals surface area contributed by atoms with Crippen LogP contribution in [0.2, 0.25) is 0 Å². The summed E-state index contributed by atoms with van der Waals surface area (Å²) in [7, 11) is 0. The summed E-state index contributed by atoms with van der Waals surface area (Å²) in [6, 6.07) is 7.52. The second kappa shape index (κ2) is 8.83. The smallest absolute Gasteiger partial charge is 0.255 e. The molecule has 3 aliphatic heterocycles. The van der Waals surface area contributed by atoms with Crippen LogP contribution in [0, 0.1) is 17.1 Å².